The van der Waals surface area contributed by atoms with Crippen LogP contribution in [0.4, 0.5) is 17.6 Å². The van der Waals surface area contributed by atoms with Gasteiger partial charge in [-0.1, -0.05) is 0 Å². The SMILES string of the molecule is NCc1cc(F)c(Oc2cc(F)cc(F)c2)c(F)c1. The van der Waals surface area contributed by atoms with Crippen molar-refractivity contribution in [3.8, 4) is 11.5 Å². The molecule has 2 N–H and O–H groups in total. The average Bonchev–Trinajstić information content (AvgIpc) is 2.32. The van der Waals surface area contributed by atoms with Crippen LogP contribution in [0.25, 0.3) is 0 Å². The quantitative estimate of drug-likeness (QED) is 0.867. The largest absolute Gasteiger partial charge is 0.451 e. The van der Waals surface area contributed by atoms with E-state index in [1.54, 1.807) is 0 Å². The Hall–Kier alpha value is -2.08. The minimum absolute atomic E-state index is 0.0390. The van der Waals surface area contributed by atoms with E-state index in [0.717, 1.165) is 24.3 Å². The molecular formula is C13H9F4NO. The van der Waals surface area contributed by atoms with Gasteiger partial charge >= 0.3 is 0 Å². The summed E-state index contributed by atoms with van der Waals surface area (Å²) in [6.07, 6.45) is 0. The summed E-state index contributed by atoms with van der Waals surface area (Å²) in [4.78, 5) is 0. The predicted octanol–water partition coefficient (Wildman–Crippen LogP) is 3.49. The predicted molar refractivity (Wildman–Crippen MR) is 60.7 cm³/mol. The fourth-order valence-corrected chi connectivity index (χ4v) is 1.53. The van der Waals surface area contributed by atoms with Gasteiger partial charge in [-0.15, -0.1) is 0 Å². The minimum atomic E-state index is -0.995. The van der Waals surface area contributed by atoms with Crippen molar-refractivity contribution >= 4 is 0 Å². The molecule has 2 rings (SSSR count). The zero-order valence-corrected chi connectivity index (χ0v) is 9.59. The Morgan fingerprint density at radius 2 is 1.37 bits per heavy atom. The lowest BCUT2D eigenvalue weighted by Gasteiger charge is -2.09. The third kappa shape index (κ3) is 3.03. The molecule has 0 saturated carbocycles. The van der Waals surface area contributed by atoms with Gasteiger partial charge in [0.15, 0.2) is 17.4 Å². The lowest BCUT2D eigenvalue weighted by molar-refractivity contribution is 0.401. The first-order valence-corrected chi connectivity index (χ1v) is 5.31. The number of hydrogen-bond donors (Lipinski definition) is 1. The van der Waals surface area contributed by atoms with Crippen molar-refractivity contribution < 1.29 is 22.3 Å². The summed E-state index contributed by atoms with van der Waals surface area (Å²) in [5.41, 5.74) is 5.50. The number of hydrogen-bond acceptors (Lipinski definition) is 2. The maximum absolute atomic E-state index is 13.6. The molecule has 2 aromatic carbocycles. The van der Waals surface area contributed by atoms with E-state index in [1.807, 2.05) is 0 Å². The van der Waals surface area contributed by atoms with E-state index in [4.69, 9.17) is 10.5 Å². The highest BCUT2D eigenvalue weighted by molar-refractivity contribution is 5.36. The normalized spacial score (nSPS) is 10.6. The average molecular weight is 271 g/mol. The third-order valence-electron chi connectivity index (χ3n) is 2.35. The Bertz CT molecular complexity index is 572. The molecule has 0 atom stereocenters. The van der Waals surface area contributed by atoms with Gasteiger partial charge in [0.2, 0.25) is 0 Å². The first kappa shape index (κ1) is 13.4. The maximum atomic E-state index is 13.6. The lowest BCUT2D eigenvalue weighted by Crippen LogP contribution is -2.00. The van der Waals surface area contributed by atoms with E-state index in [9.17, 15) is 17.6 Å². The van der Waals surface area contributed by atoms with Gasteiger partial charge in [0.25, 0.3) is 0 Å². The van der Waals surface area contributed by atoms with Gasteiger partial charge in [-0.05, 0) is 17.7 Å². The van der Waals surface area contributed by atoms with Crippen molar-refractivity contribution in [1.82, 2.24) is 0 Å². The van der Waals surface area contributed by atoms with Crippen LogP contribution < -0.4 is 10.5 Å². The smallest absolute Gasteiger partial charge is 0.198 e. The molecule has 100 valence electrons. The van der Waals surface area contributed by atoms with E-state index in [2.05, 4.69) is 0 Å². The molecule has 0 bridgehead atoms. The summed E-state index contributed by atoms with van der Waals surface area (Å²) in [5, 5.41) is 0. The molecule has 19 heavy (non-hydrogen) atoms. The molecule has 0 heterocycles. The molecule has 2 aromatic rings. The molecule has 0 fully saturated rings. The first-order chi connectivity index (χ1) is 8.99. The van der Waals surface area contributed by atoms with Gasteiger partial charge in [-0.2, -0.15) is 0 Å². The van der Waals surface area contributed by atoms with Crippen LogP contribution in [-0.4, -0.2) is 0 Å². The second-order valence-corrected chi connectivity index (χ2v) is 3.80. The maximum Gasteiger partial charge on any atom is 0.198 e. The fourth-order valence-electron chi connectivity index (χ4n) is 1.53. The van der Waals surface area contributed by atoms with Crippen LogP contribution in [0.2, 0.25) is 0 Å². The van der Waals surface area contributed by atoms with Gasteiger partial charge in [-0.25, -0.2) is 17.6 Å². The molecule has 0 aliphatic carbocycles. The van der Waals surface area contributed by atoms with Crippen LogP contribution in [0.5, 0.6) is 11.5 Å². The summed E-state index contributed by atoms with van der Waals surface area (Å²) in [5.74, 6) is -4.88. The van der Waals surface area contributed by atoms with Crippen LogP contribution >= 0.6 is 0 Å². The monoisotopic (exact) mass is 271 g/mol. The second-order valence-electron chi connectivity index (χ2n) is 3.80. The van der Waals surface area contributed by atoms with Crippen LogP contribution in [0.15, 0.2) is 30.3 Å². The summed E-state index contributed by atoms with van der Waals surface area (Å²) in [6, 6.07) is 4.25. The van der Waals surface area contributed by atoms with Crippen molar-refractivity contribution in [3.63, 3.8) is 0 Å². The van der Waals surface area contributed by atoms with E-state index in [-0.39, 0.29) is 17.9 Å². The van der Waals surface area contributed by atoms with Crippen LogP contribution in [0, 0.1) is 23.3 Å². The summed E-state index contributed by atoms with van der Waals surface area (Å²) in [6.45, 7) is -0.0390. The van der Waals surface area contributed by atoms with Crippen LogP contribution in [0.1, 0.15) is 5.56 Å². The summed E-state index contributed by atoms with van der Waals surface area (Å²) in [7, 11) is 0. The number of rotatable bonds is 3. The molecule has 0 unspecified atom stereocenters. The van der Waals surface area contributed by atoms with Gasteiger partial charge in [-0.3, -0.25) is 0 Å². The van der Waals surface area contributed by atoms with E-state index in [0.29, 0.717) is 6.07 Å². The molecular weight excluding hydrogens is 262 g/mol. The molecule has 0 amide bonds. The third-order valence-corrected chi connectivity index (χ3v) is 2.35. The molecule has 0 aliphatic heterocycles. The fraction of sp³-hybridized carbons (Fsp3) is 0.0769. The lowest BCUT2D eigenvalue weighted by atomic mass is 10.2. The molecule has 0 aromatic heterocycles. The number of benzene rings is 2. The highest BCUT2D eigenvalue weighted by Crippen LogP contribution is 2.29. The van der Waals surface area contributed by atoms with Gasteiger partial charge in [0.05, 0.1) is 0 Å². The zero-order chi connectivity index (χ0) is 14.0. The van der Waals surface area contributed by atoms with Gasteiger partial charge in [0.1, 0.15) is 17.4 Å². The van der Waals surface area contributed by atoms with Crippen LogP contribution in [-0.2, 0) is 6.54 Å². The van der Waals surface area contributed by atoms with E-state index >= 15 is 0 Å². The van der Waals surface area contributed by atoms with Crippen LogP contribution in [0.3, 0.4) is 0 Å². The van der Waals surface area contributed by atoms with Crippen molar-refractivity contribution in [3.05, 3.63) is 59.2 Å². The Kier molecular flexibility index (Phi) is 3.71. The Morgan fingerprint density at radius 1 is 0.842 bits per heavy atom. The minimum Gasteiger partial charge on any atom is -0.451 e. The molecule has 0 spiro atoms. The molecule has 0 aliphatic rings. The van der Waals surface area contributed by atoms with Crippen molar-refractivity contribution in [2.75, 3.05) is 0 Å². The van der Waals surface area contributed by atoms with Gasteiger partial charge < -0.3 is 10.5 Å². The van der Waals surface area contributed by atoms with Crippen molar-refractivity contribution in [2.45, 2.75) is 6.54 Å². The first-order valence-electron chi connectivity index (χ1n) is 5.31. The number of ether oxygens (including phenoxy) is 1. The second kappa shape index (κ2) is 5.27. The summed E-state index contributed by atoms with van der Waals surface area (Å²) >= 11 is 0. The highest BCUT2D eigenvalue weighted by atomic mass is 19.1. The van der Waals surface area contributed by atoms with E-state index in [1.165, 1.54) is 0 Å². The number of nitrogens with two attached hydrogens (primary N) is 1. The molecule has 6 heteroatoms. The Balaban J connectivity index is 2.38. The molecule has 0 radical (unpaired) electrons. The topological polar surface area (TPSA) is 35.2 Å². The Labute approximate surface area is 106 Å². The van der Waals surface area contributed by atoms with Crippen molar-refractivity contribution in [1.29, 1.82) is 0 Å². The standard InChI is InChI=1S/C13H9F4NO/c14-8-3-9(15)5-10(4-8)19-13-11(16)1-7(6-18)2-12(13)17/h1-5H,6,18H2. The molecule has 2 nitrogen and oxygen atoms in total. The van der Waals surface area contributed by atoms with Crippen molar-refractivity contribution in [2.24, 2.45) is 5.73 Å². The summed E-state index contributed by atoms with van der Waals surface area (Å²) < 4.78 is 57.8. The van der Waals surface area contributed by atoms with E-state index < -0.39 is 29.0 Å². The molecule has 0 saturated heterocycles. The Morgan fingerprint density at radius 3 is 1.84 bits per heavy atom. The zero-order valence-electron chi connectivity index (χ0n) is 9.59. The number of halogens is 4. The highest BCUT2D eigenvalue weighted by Gasteiger charge is 2.14. The van der Waals surface area contributed by atoms with Gasteiger partial charge in [0, 0.05) is 24.7 Å².